The number of hydrogen-bond donors (Lipinski definition) is 2. The van der Waals surface area contributed by atoms with Gasteiger partial charge in [-0.2, -0.15) is 0 Å². The number of H-pyrrole nitrogens is 1. The van der Waals surface area contributed by atoms with Crippen molar-refractivity contribution in [2.75, 3.05) is 20.8 Å². The standard InChI is InChI=1S/C24H24N2O5/c1-14(27)21-22(15-4-6-17(30-2)7-5-15)26(24(29)23(21)28)11-10-16-13-25-20-9-8-18(31-3)12-19(16)20/h4-9,12-13,22,25,28H,10-11H2,1-3H3. The van der Waals surface area contributed by atoms with Crippen LogP contribution >= 0.6 is 0 Å². The van der Waals surface area contributed by atoms with Crippen molar-refractivity contribution in [3.05, 3.63) is 71.1 Å². The second kappa shape index (κ2) is 8.18. The zero-order valence-electron chi connectivity index (χ0n) is 17.6. The van der Waals surface area contributed by atoms with E-state index in [0.717, 1.165) is 27.8 Å². The Morgan fingerprint density at radius 3 is 2.42 bits per heavy atom. The number of amides is 1. The van der Waals surface area contributed by atoms with E-state index in [1.807, 2.05) is 36.5 Å². The van der Waals surface area contributed by atoms with Crippen LogP contribution in [0, 0.1) is 0 Å². The summed E-state index contributed by atoms with van der Waals surface area (Å²) in [5.41, 5.74) is 2.85. The van der Waals surface area contributed by atoms with E-state index in [1.165, 1.54) is 6.92 Å². The molecule has 2 N–H and O–H groups in total. The molecule has 0 radical (unpaired) electrons. The molecule has 1 aliphatic rings. The fraction of sp³-hybridized carbons (Fsp3) is 0.250. The lowest BCUT2D eigenvalue weighted by Gasteiger charge is -2.26. The lowest BCUT2D eigenvalue weighted by molar-refractivity contribution is -0.129. The molecule has 2 heterocycles. The van der Waals surface area contributed by atoms with E-state index in [1.54, 1.807) is 31.3 Å². The molecule has 7 heteroatoms. The van der Waals surface area contributed by atoms with Crippen molar-refractivity contribution < 1.29 is 24.2 Å². The van der Waals surface area contributed by atoms with Crippen LogP contribution in [0.1, 0.15) is 24.1 Å². The highest BCUT2D eigenvalue weighted by Crippen LogP contribution is 2.38. The number of methoxy groups -OCH3 is 2. The summed E-state index contributed by atoms with van der Waals surface area (Å²) in [6, 6.07) is 12.3. The molecular formula is C24H24N2O5. The van der Waals surface area contributed by atoms with Crippen LogP contribution in [-0.4, -0.2) is 47.4 Å². The summed E-state index contributed by atoms with van der Waals surface area (Å²) in [7, 11) is 3.19. The minimum Gasteiger partial charge on any atom is -0.503 e. The maximum Gasteiger partial charge on any atom is 0.290 e. The van der Waals surface area contributed by atoms with Crippen LogP contribution in [0.5, 0.6) is 11.5 Å². The zero-order valence-corrected chi connectivity index (χ0v) is 17.6. The van der Waals surface area contributed by atoms with Crippen molar-refractivity contribution in [3.8, 4) is 11.5 Å². The van der Waals surface area contributed by atoms with Crippen LogP contribution in [0.2, 0.25) is 0 Å². The monoisotopic (exact) mass is 420 g/mol. The first-order valence-electron chi connectivity index (χ1n) is 9.97. The topological polar surface area (TPSA) is 91.9 Å². The van der Waals surface area contributed by atoms with Gasteiger partial charge in [-0.05, 0) is 54.8 Å². The third-order valence-corrected chi connectivity index (χ3v) is 5.71. The van der Waals surface area contributed by atoms with Crippen LogP contribution in [0.25, 0.3) is 10.9 Å². The van der Waals surface area contributed by atoms with Crippen LogP contribution in [0.3, 0.4) is 0 Å². The molecule has 0 aliphatic carbocycles. The van der Waals surface area contributed by atoms with Gasteiger partial charge in [0.2, 0.25) is 0 Å². The SMILES string of the molecule is COc1ccc(C2C(C(C)=O)=C(O)C(=O)N2CCc2c[nH]c3ccc(OC)cc23)cc1. The molecule has 1 aromatic heterocycles. The summed E-state index contributed by atoms with van der Waals surface area (Å²) in [5, 5.41) is 11.5. The fourth-order valence-electron chi connectivity index (χ4n) is 4.11. The molecule has 7 nitrogen and oxygen atoms in total. The Labute approximate surface area is 179 Å². The second-order valence-corrected chi connectivity index (χ2v) is 7.47. The van der Waals surface area contributed by atoms with Gasteiger partial charge in [0.05, 0.1) is 25.8 Å². The molecule has 0 saturated heterocycles. The number of aromatic amines is 1. The molecule has 0 fully saturated rings. The number of nitrogens with zero attached hydrogens (tertiary/aromatic N) is 1. The van der Waals surface area contributed by atoms with Crippen molar-refractivity contribution in [1.29, 1.82) is 0 Å². The first-order chi connectivity index (χ1) is 14.9. The number of ether oxygens (including phenoxy) is 2. The fourth-order valence-corrected chi connectivity index (χ4v) is 4.11. The smallest absolute Gasteiger partial charge is 0.290 e. The van der Waals surface area contributed by atoms with Crippen molar-refractivity contribution >= 4 is 22.6 Å². The average molecular weight is 420 g/mol. The van der Waals surface area contributed by atoms with Crippen molar-refractivity contribution in [1.82, 2.24) is 9.88 Å². The molecule has 3 aromatic rings. The lowest BCUT2D eigenvalue weighted by atomic mass is 9.96. The Balaban J connectivity index is 1.65. The quantitative estimate of drug-likeness (QED) is 0.608. The lowest BCUT2D eigenvalue weighted by Crippen LogP contribution is -2.32. The van der Waals surface area contributed by atoms with E-state index in [-0.39, 0.29) is 11.4 Å². The van der Waals surface area contributed by atoms with Gasteiger partial charge in [-0.25, -0.2) is 0 Å². The first-order valence-corrected chi connectivity index (χ1v) is 9.97. The zero-order chi connectivity index (χ0) is 22.1. The summed E-state index contributed by atoms with van der Waals surface area (Å²) in [5.74, 6) is 0.0770. The maximum atomic E-state index is 12.9. The van der Waals surface area contributed by atoms with Gasteiger partial charge in [-0.1, -0.05) is 12.1 Å². The maximum absolute atomic E-state index is 12.9. The van der Waals surface area contributed by atoms with Crippen LogP contribution in [0.15, 0.2) is 60.0 Å². The van der Waals surface area contributed by atoms with Crippen molar-refractivity contribution in [3.63, 3.8) is 0 Å². The molecule has 1 unspecified atom stereocenters. The number of aliphatic hydroxyl groups is 1. The van der Waals surface area contributed by atoms with Gasteiger partial charge in [0.25, 0.3) is 5.91 Å². The van der Waals surface area contributed by atoms with Gasteiger partial charge in [-0.15, -0.1) is 0 Å². The van der Waals surface area contributed by atoms with Gasteiger partial charge in [0.15, 0.2) is 11.5 Å². The molecule has 0 saturated carbocycles. The van der Waals surface area contributed by atoms with Gasteiger partial charge < -0.3 is 24.5 Å². The Morgan fingerprint density at radius 2 is 1.77 bits per heavy atom. The summed E-state index contributed by atoms with van der Waals surface area (Å²) in [6.07, 6.45) is 2.45. The average Bonchev–Trinajstić information content (AvgIpc) is 3.30. The normalized spacial score (nSPS) is 16.3. The number of rotatable bonds is 7. The number of carbonyl (C=O) groups excluding carboxylic acids is 2. The third-order valence-electron chi connectivity index (χ3n) is 5.71. The highest BCUT2D eigenvalue weighted by atomic mass is 16.5. The molecule has 4 rings (SSSR count). The van der Waals surface area contributed by atoms with Crippen molar-refractivity contribution in [2.45, 2.75) is 19.4 Å². The molecule has 0 spiro atoms. The number of nitrogens with one attached hydrogen (secondary N) is 1. The largest absolute Gasteiger partial charge is 0.503 e. The van der Waals surface area contributed by atoms with E-state index in [4.69, 9.17) is 9.47 Å². The molecule has 2 aromatic carbocycles. The van der Waals surface area contributed by atoms with E-state index < -0.39 is 17.7 Å². The van der Waals surface area contributed by atoms with Crippen LogP contribution in [-0.2, 0) is 16.0 Å². The summed E-state index contributed by atoms with van der Waals surface area (Å²) < 4.78 is 10.5. The molecule has 160 valence electrons. The summed E-state index contributed by atoms with van der Waals surface area (Å²) >= 11 is 0. The number of Topliss-reactive ketones (excluding diaryl/α,β-unsaturated/α-hetero) is 1. The Bertz CT molecular complexity index is 1180. The molecule has 1 atom stereocenters. The predicted molar refractivity (Wildman–Crippen MR) is 116 cm³/mol. The Morgan fingerprint density at radius 1 is 1.10 bits per heavy atom. The van der Waals surface area contributed by atoms with Gasteiger partial charge >= 0.3 is 0 Å². The summed E-state index contributed by atoms with van der Waals surface area (Å²) in [4.78, 5) is 29.9. The van der Waals surface area contributed by atoms with E-state index >= 15 is 0 Å². The van der Waals surface area contributed by atoms with Gasteiger partial charge in [0.1, 0.15) is 11.5 Å². The number of benzene rings is 2. The van der Waals surface area contributed by atoms with E-state index in [0.29, 0.717) is 18.7 Å². The van der Waals surface area contributed by atoms with Gasteiger partial charge in [-0.3, -0.25) is 9.59 Å². The Kier molecular flexibility index (Phi) is 5.42. The molecule has 31 heavy (non-hydrogen) atoms. The third kappa shape index (κ3) is 3.63. The first kappa shape index (κ1) is 20.5. The van der Waals surface area contributed by atoms with Gasteiger partial charge in [0, 0.05) is 23.6 Å². The number of hydrogen-bond acceptors (Lipinski definition) is 5. The predicted octanol–water partition coefficient (Wildman–Crippen LogP) is 3.71. The number of carbonyl (C=O) groups is 2. The number of aromatic nitrogens is 1. The molecule has 0 bridgehead atoms. The second-order valence-electron chi connectivity index (χ2n) is 7.47. The summed E-state index contributed by atoms with van der Waals surface area (Å²) in [6.45, 7) is 1.70. The molecule has 1 amide bonds. The Hall–Kier alpha value is -3.74. The number of aliphatic hydroxyl groups excluding tert-OH is 1. The van der Waals surface area contributed by atoms with Crippen LogP contribution < -0.4 is 9.47 Å². The minimum atomic E-state index is -0.643. The van der Waals surface area contributed by atoms with E-state index in [9.17, 15) is 14.7 Å². The molecular weight excluding hydrogens is 396 g/mol. The number of fused-ring (bicyclic) bond motifs is 1. The van der Waals surface area contributed by atoms with Crippen LogP contribution in [0.4, 0.5) is 0 Å². The van der Waals surface area contributed by atoms with E-state index in [2.05, 4.69) is 4.98 Å². The highest BCUT2D eigenvalue weighted by molar-refractivity contribution is 6.08. The highest BCUT2D eigenvalue weighted by Gasteiger charge is 2.42. The molecule has 1 aliphatic heterocycles. The van der Waals surface area contributed by atoms with Crippen molar-refractivity contribution in [2.24, 2.45) is 0 Å². The minimum absolute atomic E-state index is 0.121. The number of ketones is 1.